The Labute approximate surface area is 198 Å². The molecule has 0 saturated carbocycles. The van der Waals surface area contributed by atoms with Crippen LogP contribution in [0.2, 0.25) is 0 Å². The summed E-state index contributed by atoms with van der Waals surface area (Å²) in [5, 5.41) is 19.0. The molecule has 0 spiro atoms. The van der Waals surface area contributed by atoms with Crippen molar-refractivity contribution in [2.24, 2.45) is 0 Å². The Morgan fingerprint density at radius 2 is 1.68 bits per heavy atom. The summed E-state index contributed by atoms with van der Waals surface area (Å²) in [6, 6.07) is 13.0. The molecule has 4 N–H and O–H groups in total. The molecular weight excluding hydrogens is 452 g/mol. The molecule has 0 atom stereocenters. The van der Waals surface area contributed by atoms with Crippen LogP contribution in [0, 0.1) is 5.41 Å². The van der Waals surface area contributed by atoms with Gasteiger partial charge in [-0.3, -0.25) is 10.2 Å². The van der Waals surface area contributed by atoms with Gasteiger partial charge in [-0.2, -0.15) is 0 Å². The molecule has 1 aliphatic carbocycles. The van der Waals surface area contributed by atoms with Gasteiger partial charge in [0.2, 0.25) is 10.0 Å². The van der Waals surface area contributed by atoms with Crippen LogP contribution in [0.1, 0.15) is 46.3 Å². The molecule has 3 aromatic rings. The minimum absolute atomic E-state index is 0.0718. The first-order valence-corrected chi connectivity index (χ1v) is 12.9. The van der Waals surface area contributed by atoms with E-state index >= 15 is 0 Å². The zero-order chi connectivity index (χ0) is 23.9. The molecule has 0 amide bonds. The van der Waals surface area contributed by atoms with E-state index in [4.69, 9.17) is 5.41 Å². The van der Waals surface area contributed by atoms with E-state index < -0.39 is 10.0 Å². The van der Waals surface area contributed by atoms with Gasteiger partial charge in [-0.15, -0.1) is 0 Å². The highest BCUT2D eigenvalue weighted by Crippen LogP contribution is 2.39. The van der Waals surface area contributed by atoms with E-state index in [1.165, 1.54) is 25.0 Å². The second-order valence-corrected chi connectivity index (χ2v) is 10.4. The Hall–Kier alpha value is -3.27. The third-order valence-corrected chi connectivity index (χ3v) is 7.97. The minimum atomic E-state index is -3.66. The molecule has 34 heavy (non-hydrogen) atoms. The Bertz CT molecular complexity index is 1370. The van der Waals surface area contributed by atoms with Crippen LogP contribution in [-0.2, 0) is 10.0 Å². The number of benzene rings is 2. The van der Waals surface area contributed by atoms with E-state index in [9.17, 15) is 18.3 Å². The largest absolute Gasteiger partial charge is 0.494 e. The average molecular weight is 479 g/mol. The zero-order valence-corrected chi connectivity index (χ0v) is 19.4. The maximum absolute atomic E-state index is 13.2. The molecule has 2 heterocycles. The molecule has 8 nitrogen and oxygen atoms in total. The summed E-state index contributed by atoms with van der Waals surface area (Å²) in [5.74, 6) is -0.543. The van der Waals surface area contributed by atoms with Gasteiger partial charge in [0.1, 0.15) is 0 Å². The molecule has 2 aromatic carbocycles. The molecule has 0 unspecified atom stereocenters. The Morgan fingerprint density at radius 1 is 1.00 bits per heavy atom. The van der Waals surface area contributed by atoms with Gasteiger partial charge in [-0.25, -0.2) is 13.1 Å². The van der Waals surface area contributed by atoms with Crippen LogP contribution in [0.3, 0.4) is 0 Å². The number of aromatic nitrogens is 1. The summed E-state index contributed by atoms with van der Waals surface area (Å²) in [5.41, 5.74) is 2.23. The summed E-state index contributed by atoms with van der Waals surface area (Å²) in [6.07, 6.45) is 3.17. The van der Waals surface area contributed by atoms with Crippen molar-refractivity contribution >= 4 is 21.5 Å². The molecule has 2 aliphatic rings. The predicted molar refractivity (Wildman–Crippen MR) is 129 cm³/mol. The lowest BCUT2D eigenvalue weighted by molar-refractivity contribution is 0.103. The monoisotopic (exact) mass is 478 g/mol. The van der Waals surface area contributed by atoms with Crippen molar-refractivity contribution in [2.75, 3.05) is 26.2 Å². The summed E-state index contributed by atoms with van der Waals surface area (Å²) < 4.78 is 28.0. The van der Waals surface area contributed by atoms with Crippen molar-refractivity contribution in [1.29, 1.82) is 5.41 Å². The number of aromatic hydroxyl groups is 1. The van der Waals surface area contributed by atoms with Crippen LogP contribution in [0.4, 0.5) is 0 Å². The number of rotatable bonds is 7. The number of carbonyl (C=O) groups excluding carboxylic acids is 1. The molecule has 1 saturated heterocycles. The van der Waals surface area contributed by atoms with Crippen molar-refractivity contribution in [3.63, 3.8) is 0 Å². The number of hydrogen-bond donors (Lipinski definition) is 4. The number of carbonyl (C=O) groups is 1. The van der Waals surface area contributed by atoms with E-state index in [0.717, 1.165) is 26.1 Å². The number of nitrogens with zero attached hydrogens (tertiary/aromatic N) is 1. The molecule has 0 bridgehead atoms. The van der Waals surface area contributed by atoms with Crippen LogP contribution in [-0.4, -0.2) is 61.1 Å². The number of ketones is 1. The summed E-state index contributed by atoms with van der Waals surface area (Å²) >= 11 is 0. The SMILES string of the molecule is N=C1c2ccccc2C(=O)c2c(-c3ccc(S(=O)(=O)NCCCN4CCCC4)cc3)[nH]c(O)c21. The quantitative estimate of drug-likeness (QED) is 0.304. The number of hydrogen-bond acceptors (Lipinski definition) is 6. The molecule has 0 radical (unpaired) electrons. The van der Waals surface area contributed by atoms with Crippen molar-refractivity contribution in [3.8, 4) is 17.1 Å². The zero-order valence-electron chi connectivity index (χ0n) is 18.6. The molecule has 5 rings (SSSR count). The third-order valence-electron chi connectivity index (χ3n) is 6.49. The highest BCUT2D eigenvalue weighted by Gasteiger charge is 2.34. The van der Waals surface area contributed by atoms with Gasteiger partial charge >= 0.3 is 0 Å². The summed E-state index contributed by atoms with van der Waals surface area (Å²) in [6.45, 7) is 3.42. The molecule has 1 aromatic heterocycles. The van der Waals surface area contributed by atoms with Crippen LogP contribution >= 0.6 is 0 Å². The number of H-pyrrole nitrogens is 1. The van der Waals surface area contributed by atoms with Crippen molar-refractivity contribution in [3.05, 3.63) is 70.8 Å². The van der Waals surface area contributed by atoms with Crippen LogP contribution < -0.4 is 4.72 Å². The number of aromatic amines is 1. The number of fused-ring (bicyclic) bond motifs is 2. The maximum Gasteiger partial charge on any atom is 0.240 e. The standard InChI is InChI=1S/C25H26N4O4S/c26-22-18-6-1-2-7-19(18)24(30)21-20(22)25(31)28-23(21)16-8-10-17(11-9-16)34(32,33)27-12-5-15-29-13-3-4-14-29/h1-2,6-11,26-28,31H,3-5,12-15H2. The maximum atomic E-state index is 13.2. The summed E-state index contributed by atoms with van der Waals surface area (Å²) in [4.78, 5) is 18.5. The van der Waals surface area contributed by atoms with Crippen molar-refractivity contribution < 1.29 is 18.3 Å². The van der Waals surface area contributed by atoms with Gasteiger partial charge in [0.25, 0.3) is 0 Å². The lowest BCUT2D eigenvalue weighted by Crippen LogP contribution is -2.28. The minimum Gasteiger partial charge on any atom is -0.494 e. The molecule has 176 valence electrons. The van der Waals surface area contributed by atoms with Crippen LogP contribution in [0.5, 0.6) is 5.88 Å². The highest BCUT2D eigenvalue weighted by molar-refractivity contribution is 7.89. The van der Waals surface area contributed by atoms with Crippen molar-refractivity contribution in [1.82, 2.24) is 14.6 Å². The average Bonchev–Trinajstić information content (AvgIpc) is 3.48. The third kappa shape index (κ3) is 3.96. The first kappa shape index (κ1) is 22.5. The van der Waals surface area contributed by atoms with Crippen LogP contribution in [0.25, 0.3) is 11.3 Å². The summed E-state index contributed by atoms with van der Waals surface area (Å²) in [7, 11) is -3.66. The lowest BCUT2D eigenvalue weighted by atomic mass is 9.84. The second-order valence-electron chi connectivity index (χ2n) is 8.67. The first-order valence-electron chi connectivity index (χ1n) is 11.4. The molecule has 9 heteroatoms. The van der Waals surface area contributed by atoms with Gasteiger partial charge in [-0.05, 0) is 56.6 Å². The van der Waals surface area contributed by atoms with Gasteiger partial charge < -0.3 is 15.0 Å². The smallest absolute Gasteiger partial charge is 0.240 e. The first-order chi connectivity index (χ1) is 16.4. The van der Waals surface area contributed by atoms with Gasteiger partial charge in [-0.1, -0.05) is 36.4 Å². The Kier molecular flexibility index (Phi) is 5.85. The fraction of sp³-hybridized carbons (Fsp3) is 0.280. The second kappa shape index (κ2) is 8.83. The van der Waals surface area contributed by atoms with Crippen molar-refractivity contribution in [2.45, 2.75) is 24.2 Å². The van der Waals surface area contributed by atoms with Gasteiger partial charge in [0, 0.05) is 17.7 Å². The Morgan fingerprint density at radius 3 is 2.38 bits per heavy atom. The number of sulfonamides is 1. The normalized spacial score (nSPS) is 16.0. The van der Waals surface area contributed by atoms with E-state index in [2.05, 4.69) is 14.6 Å². The van der Waals surface area contributed by atoms with Crippen LogP contribution in [0.15, 0.2) is 53.4 Å². The molecule has 1 fully saturated rings. The van der Waals surface area contributed by atoms with E-state index in [0.29, 0.717) is 28.9 Å². The number of nitrogens with one attached hydrogen (secondary N) is 3. The number of likely N-dealkylation sites (tertiary alicyclic amines) is 1. The van der Waals surface area contributed by atoms with Gasteiger partial charge in [0.05, 0.1) is 27.4 Å². The molecule has 1 aliphatic heterocycles. The van der Waals surface area contributed by atoms with E-state index in [1.807, 2.05) is 0 Å². The Balaban J connectivity index is 1.36. The van der Waals surface area contributed by atoms with Gasteiger partial charge in [0.15, 0.2) is 11.7 Å². The van der Waals surface area contributed by atoms with E-state index in [1.54, 1.807) is 36.4 Å². The topological polar surface area (TPSA) is 126 Å². The fourth-order valence-electron chi connectivity index (χ4n) is 4.74. The molecular formula is C25H26N4O4S. The van der Waals surface area contributed by atoms with E-state index in [-0.39, 0.29) is 33.4 Å². The highest BCUT2D eigenvalue weighted by atomic mass is 32.2. The lowest BCUT2D eigenvalue weighted by Gasteiger charge is -2.17. The predicted octanol–water partition coefficient (Wildman–Crippen LogP) is 3.11. The fourth-order valence-corrected chi connectivity index (χ4v) is 5.82.